The number of aliphatic hydroxyl groups excluding tert-OH is 2. The average Bonchev–Trinajstić information content (AvgIpc) is 3.38. The highest BCUT2D eigenvalue weighted by molar-refractivity contribution is 6.11. The highest BCUT2D eigenvalue weighted by atomic mass is 16.6. The van der Waals surface area contributed by atoms with Crippen LogP contribution in [0.15, 0.2) is 90.7 Å². The number of carbonyl (C=O) groups excluding carboxylic acids is 3. The van der Waals surface area contributed by atoms with Crippen molar-refractivity contribution in [2.45, 2.75) is 89.9 Å². The lowest BCUT2D eigenvalue weighted by Gasteiger charge is -2.49. The lowest BCUT2D eigenvalue weighted by Crippen LogP contribution is -2.61. The number of hydrogen-bond acceptors (Lipinski definition) is 7. The second kappa shape index (κ2) is 14.0. The van der Waals surface area contributed by atoms with Gasteiger partial charge in [-0.25, -0.2) is 0 Å². The standard InChI is InChI=1S/C45H54N2O7/c1-6-7-8-14-27-23-53-40(38(27)49)30-16-12-17-31-35(30)39(50)37(48)25(3)20-24(2)13-11-18-32-42-44(5,54-42)26(4)36-34(47-43(52)45(32,36)41(31)51)21-28-22-46-33-19-10-9-15-29(28)33/h6-12,14-16,18-20,22,24,26-27,30-32,34-38,40,42,46,48-49H,13,17,21,23H2,1-5H3,(H,47,52)/b7-6+,14-8+,18-11?,25-20?/t24-,26-,27+,30+,31-,32-,34-,35-,36-,37+,38-,40+,42-,44+,45-/m0/s1. The van der Waals surface area contributed by atoms with Gasteiger partial charge in [0.2, 0.25) is 5.91 Å². The number of H-pyrrole nitrogens is 1. The summed E-state index contributed by atoms with van der Waals surface area (Å²) in [7, 11) is 0. The molecule has 54 heavy (non-hydrogen) atoms. The van der Waals surface area contributed by atoms with Crippen LogP contribution in [0.2, 0.25) is 0 Å². The topological polar surface area (TPSA) is 141 Å². The lowest BCUT2D eigenvalue weighted by atomic mass is 9.49. The van der Waals surface area contributed by atoms with Gasteiger partial charge in [0.1, 0.15) is 11.5 Å². The number of ether oxygens (including phenoxy) is 2. The summed E-state index contributed by atoms with van der Waals surface area (Å²) in [5, 5.41) is 27.8. The molecule has 1 amide bonds. The summed E-state index contributed by atoms with van der Waals surface area (Å²) in [5.41, 5.74) is 0.545. The summed E-state index contributed by atoms with van der Waals surface area (Å²) in [6, 6.07) is 7.72. The SMILES string of the molecule is C/C=C/C=C/[C@@H]1CO[C@H]([C@@H]2C=CC[C@@H]3C(=O)[C@@]45C(=O)N[C@@H](Cc6c[nH]c7ccccc67)[C@@H]4[C@H](C)[C@@]4(C)O[C@H]4[C@@H]5C=CC[C@H](C)C=C(C)[C@@H](O)C(=O)[C@@H]23)[C@H]1O. The van der Waals surface area contributed by atoms with Crippen molar-refractivity contribution in [1.82, 2.24) is 10.3 Å². The third-order valence-electron chi connectivity index (χ3n) is 14.0. The molecule has 1 aromatic heterocycles. The van der Waals surface area contributed by atoms with Crippen LogP contribution in [-0.4, -0.2) is 75.3 Å². The third kappa shape index (κ3) is 5.68. The van der Waals surface area contributed by atoms with E-state index in [0.29, 0.717) is 18.4 Å². The second-order valence-corrected chi connectivity index (χ2v) is 17.0. The molecule has 2 aromatic rings. The summed E-state index contributed by atoms with van der Waals surface area (Å²) in [4.78, 5) is 49.3. The zero-order valence-electron chi connectivity index (χ0n) is 31.9. The van der Waals surface area contributed by atoms with Crippen LogP contribution in [0.1, 0.15) is 53.0 Å². The first kappa shape index (κ1) is 37.1. The maximum absolute atomic E-state index is 16.0. The van der Waals surface area contributed by atoms with Gasteiger partial charge in [-0.15, -0.1) is 0 Å². The molecule has 15 atom stereocenters. The van der Waals surface area contributed by atoms with E-state index in [9.17, 15) is 15.0 Å². The maximum atomic E-state index is 16.0. The number of allylic oxidation sites excluding steroid dienone is 6. The molecule has 286 valence electrons. The van der Waals surface area contributed by atoms with Crippen molar-refractivity contribution in [2.24, 2.45) is 52.8 Å². The number of para-hydroxylation sites is 1. The highest BCUT2D eigenvalue weighted by Gasteiger charge is 2.79. The minimum Gasteiger partial charge on any atom is -0.390 e. The van der Waals surface area contributed by atoms with Gasteiger partial charge >= 0.3 is 0 Å². The largest absolute Gasteiger partial charge is 0.390 e. The van der Waals surface area contributed by atoms with Crippen LogP contribution >= 0.6 is 0 Å². The van der Waals surface area contributed by atoms with Crippen LogP contribution in [-0.2, 0) is 30.3 Å². The summed E-state index contributed by atoms with van der Waals surface area (Å²) in [5.74, 6) is -5.22. The Kier molecular flexibility index (Phi) is 9.61. The van der Waals surface area contributed by atoms with E-state index in [1.807, 2.05) is 86.9 Å². The number of epoxide rings is 1. The number of ketones is 2. The predicted molar refractivity (Wildman–Crippen MR) is 206 cm³/mol. The van der Waals surface area contributed by atoms with Crippen molar-refractivity contribution in [3.63, 3.8) is 0 Å². The van der Waals surface area contributed by atoms with E-state index in [1.165, 1.54) is 0 Å². The van der Waals surface area contributed by atoms with Gasteiger partial charge in [-0.1, -0.05) is 86.7 Å². The molecule has 0 radical (unpaired) electrons. The van der Waals surface area contributed by atoms with Crippen LogP contribution in [0.4, 0.5) is 0 Å². The third-order valence-corrected chi connectivity index (χ3v) is 14.0. The maximum Gasteiger partial charge on any atom is 0.235 e. The van der Waals surface area contributed by atoms with Crippen LogP contribution < -0.4 is 5.32 Å². The molecule has 6 aliphatic rings. The Morgan fingerprint density at radius 2 is 1.81 bits per heavy atom. The predicted octanol–water partition coefficient (Wildman–Crippen LogP) is 5.59. The quantitative estimate of drug-likeness (QED) is 0.136. The molecular weight excluding hydrogens is 681 g/mol. The van der Waals surface area contributed by atoms with Crippen molar-refractivity contribution in [3.8, 4) is 0 Å². The smallest absolute Gasteiger partial charge is 0.235 e. The minimum atomic E-state index is -1.52. The number of aliphatic hydroxyl groups is 2. The van der Waals surface area contributed by atoms with Gasteiger partial charge in [-0.05, 0) is 69.1 Å². The molecule has 3 aliphatic carbocycles. The molecule has 4 fully saturated rings. The molecule has 3 aliphatic heterocycles. The Morgan fingerprint density at radius 3 is 2.61 bits per heavy atom. The van der Waals surface area contributed by atoms with E-state index in [0.717, 1.165) is 16.5 Å². The number of fused-ring (bicyclic) bond motifs is 4. The molecule has 0 bridgehead atoms. The van der Waals surface area contributed by atoms with Gasteiger partial charge in [0.15, 0.2) is 11.6 Å². The minimum absolute atomic E-state index is 0.0181. The van der Waals surface area contributed by atoms with E-state index in [4.69, 9.17) is 9.47 Å². The van der Waals surface area contributed by atoms with Gasteiger partial charge < -0.3 is 30.0 Å². The number of aromatic nitrogens is 1. The van der Waals surface area contributed by atoms with Gasteiger partial charge in [0, 0.05) is 58.6 Å². The Bertz CT molecular complexity index is 1970. The fourth-order valence-electron chi connectivity index (χ4n) is 11.1. The summed E-state index contributed by atoms with van der Waals surface area (Å²) in [6.45, 7) is 10.2. The first-order valence-corrected chi connectivity index (χ1v) is 19.8. The molecule has 1 spiro atoms. The molecular formula is C45H54N2O7. The summed E-state index contributed by atoms with van der Waals surface area (Å²) < 4.78 is 12.9. The summed E-state index contributed by atoms with van der Waals surface area (Å²) >= 11 is 0. The number of carbonyl (C=O) groups is 3. The first-order valence-electron chi connectivity index (χ1n) is 19.8. The number of Topliss-reactive ketones (excluding diaryl/α,β-unsaturated/α-hetero) is 2. The van der Waals surface area contributed by atoms with Gasteiger partial charge in [-0.2, -0.15) is 0 Å². The van der Waals surface area contributed by atoms with Crippen molar-refractivity contribution in [2.75, 3.05) is 6.61 Å². The molecule has 4 N–H and O–H groups in total. The van der Waals surface area contributed by atoms with Crippen LogP contribution in [0.5, 0.6) is 0 Å². The van der Waals surface area contributed by atoms with Crippen molar-refractivity contribution in [3.05, 3.63) is 96.3 Å². The molecule has 9 nitrogen and oxygen atoms in total. The van der Waals surface area contributed by atoms with Gasteiger partial charge in [-0.3, -0.25) is 14.4 Å². The second-order valence-electron chi connectivity index (χ2n) is 17.0. The van der Waals surface area contributed by atoms with E-state index < -0.39 is 64.7 Å². The lowest BCUT2D eigenvalue weighted by molar-refractivity contribution is -0.157. The Hall–Kier alpha value is -3.89. The molecule has 8 rings (SSSR count). The normalized spacial score (nSPS) is 43.6. The molecule has 9 heteroatoms. The van der Waals surface area contributed by atoms with Gasteiger partial charge in [0.05, 0.1) is 30.5 Å². The molecule has 0 unspecified atom stereocenters. The molecule has 3 saturated heterocycles. The van der Waals surface area contributed by atoms with Crippen LogP contribution in [0.25, 0.3) is 10.9 Å². The van der Waals surface area contributed by atoms with Crippen molar-refractivity contribution < 1.29 is 34.1 Å². The number of amides is 1. The number of nitrogens with one attached hydrogen (secondary N) is 2. The fourth-order valence-corrected chi connectivity index (χ4v) is 11.1. The zero-order chi connectivity index (χ0) is 38.1. The average molecular weight is 735 g/mol. The van der Waals surface area contributed by atoms with Crippen LogP contribution in [0, 0.1) is 52.8 Å². The van der Waals surface area contributed by atoms with Crippen molar-refractivity contribution in [1.29, 1.82) is 0 Å². The fraction of sp³-hybridized carbons (Fsp3) is 0.533. The van der Waals surface area contributed by atoms with Crippen LogP contribution in [0.3, 0.4) is 0 Å². The number of rotatable bonds is 5. The number of aromatic amines is 1. The Morgan fingerprint density at radius 1 is 1.04 bits per heavy atom. The monoisotopic (exact) mass is 734 g/mol. The first-order chi connectivity index (χ1) is 25.9. The Balaban J connectivity index is 1.26. The Labute approximate surface area is 317 Å². The van der Waals surface area contributed by atoms with Gasteiger partial charge in [0.25, 0.3) is 0 Å². The van der Waals surface area contributed by atoms with E-state index >= 15 is 9.59 Å². The van der Waals surface area contributed by atoms with Crippen molar-refractivity contribution >= 4 is 28.4 Å². The van der Waals surface area contributed by atoms with E-state index in [2.05, 4.69) is 36.3 Å². The van der Waals surface area contributed by atoms with E-state index in [1.54, 1.807) is 6.92 Å². The molecule has 1 saturated carbocycles. The summed E-state index contributed by atoms with van der Waals surface area (Å²) in [6.07, 6.45) is 17.2. The molecule has 1 aromatic carbocycles. The number of hydrogen-bond donors (Lipinski definition) is 4. The zero-order valence-corrected chi connectivity index (χ0v) is 31.9. The van der Waals surface area contributed by atoms with E-state index in [-0.39, 0.29) is 54.6 Å². The number of benzene rings is 1. The highest BCUT2D eigenvalue weighted by Crippen LogP contribution is 2.67. The molecule has 4 heterocycles.